The number of aryl methyl sites for hydroxylation is 1. The molecule has 0 bridgehead atoms. The standard InChI is InChI=1S/C14H26N4.ClH/c1-10(2)18-9-14(12(4)16-18)8-17-7-6-15-11(3)13(17)5;/h9-11,13,15H,6-8H2,1-5H3;1H. The van der Waals surface area contributed by atoms with Crippen LogP contribution in [0, 0.1) is 6.92 Å². The summed E-state index contributed by atoms with van der Waals surface area (Å²) in [7, 11) is 0. The van der Waals surface area contributed by atoms with Gasteiger partial charge in [-0.15, -0.1) is 12.4 Å². The first-order chi connectivity index (χ1) is 8.49. The van der Waals surface area contributed by atoms with Gasteiger partial charge in [0.05, 0.1) is 5.69 Å². The maximum Gasteiger partial charge on any atom is 0.0638 e. The minimum atomic E-state index is 0. The lowest BCUT2D eigenvalue weighted by Gasteiger charge is -2.38. The van der Waals surface area contributed by atoms with E-state index in [1.165, 1.54) is 11.3 Å². The molecular weight excluding hydrogens is 260 g/mol. The molecule has 1 aromatic rings. The summed E-state index contributed by atoms with van der Waals surface area (Å²) < 4.78 is 2.07. The predicted molar refractivity (Wildman–Crippen MR) is 81.9 cm³/mol. The lowest BCUT2D eigenvalue weighted by molar-refractivity contribution is 0.130. The van der Waals surface area contributed by atoms with Crippen LogP contribution >= 0.6 is 12.4 Å². The molecule has 2 unspecified atom stereocenters. The maximum atomic E-state index is 4.59. The van der Waals surface area contributed by atoms with E-state index in [9.17, 15) is 0 Å². The maximum absolute atomic E-state index is 4.59. The topological polar surface area (TPSA) is 33.1 Å². The third-order valence-corrected chi connectivity index (χ3v) is 4.09. The summed E-state index contributed by atoms with van der Waals surface area (Å²) in [5.41, 5.74) is 2.53. The monoisotopic (exact) mass is 286 g/mol. The molecule has 110 valence electrons. The van der Waals surface area contributed by atoms with Gasteiger partial charge >= 0.3 is 0 Å². The van der Waals surface area contributed by atoms with Crippen molar-refractivity contribution in [3.8, 4) is 0 Å². The molecule has 1 aliphatic rings. The van der Waals surface area contributed by atoms with Crippen molar-refractivity contribution in [1.82, 2.24) is 20.0 Å². The fourth-order valence-electron chi connectivity index (χ4n) is 2.51. The number of hydrogen-bond acceptors (Lipinski definition) is 3. The number of halogens is 1. The molecule has 0 spiro atoms. The normalized spacial score (nSPS) is 24.5. The first-order valence-electron chi connectivity index (χ1n) is 7.01. The Morgan fingerprint density at radius 3 is 2.68 bits per heavy atom. The van der Waals surface area contributed by atoms with E-state index in [0.717, 1.165) is 19.6 Å². The Hall–Kier alpha value is -0.580. The third-order valence-electron chi connectivity index (χ3n) is 4.09. The molecule has 5 heteroatoms. The van der Waals surface area contributed by atoms with Crippen LogP contribution in [-0.2, 0) is 6.54 Å². The molecular formula is C14H27ClN4. The van der Waals surface area contributed by atoms with E-state index in [-0.39, 0.29) is 12.4 Å². The fourth-order valence-corrected chi connectivity index (χ4v) is 2.51. The number of hydrogen-bond donors (Lipinski definition) is 1. The summed E-state index contributed by atoms with van der Waals surface area (Å²) in [6.45, 7) is 14.3. The second-order valence-electron chi connectivity index (χ2n) is 5.77. The summed E-state index contributed by atoms with van der Waals surface area (Å²) in [6.07, 6.45) is 2.21. The molecule has 1 N–H and O–H groups in total. The lowest BCUT2D eigenvalue weighted by Crippen LogP contribution is -2.54. The first kappa shape index (κ1) is 16.5. The third kappa shape index (κ3) is 3.71. The highest BCUT2D eigenvalue weighted by atomic mass is 35.5. The lowest BCUT2D eigenvalue weighted by atomic mass is 10.1. The van der Waals surface area contributed by atoms with E-state index in [4.69, 9.17) is 0 Å². The zero-order chi connectivity index (χ0) is 13.3. The van der Waals surface area contributed by atoms with Gasteiger partial charge in [-0.25, -0.2) is 0 Å². The van der Waals surface area contributed by atoms with E-state index in [1.54, 1.807) is 0 Å². The number of piperazine rings is 1. The van der Waals surface area contributed by atoms with Crippen molar-refractivity contribution in [2.24, 2.45) is 0 Å². The second-order valence-corrected chi connectivity index (χ2v) is 5.77. The molecule has 2 atom stereocenters. The van der Waals surface area contributed by atoms with Gasteiger partial charge in [-0.1, -0.05) is 0 Å². The number of rotatable bonds is 3. The molecule has 0 aromatic carbocycles. The molecule has 0 saturated carbocycles. The van der Waals surface area contributed by atoms with Gasteiger partial charge in [-0.3, -0.25) is 9.58 Å². The van der Waals surface area contributed by atoms with Gasteiger partial charge in [0.15, 0.2) is 0 Å². The van der Waals surface area contributed by atoms with Gasteiger partial charge in [-0.05, 0) is 34.6 Å². The van der Waals surface area contributed by atoms with Gasteiger partial charge in [-0.2, -0.15) is 5.10 Å². The molecule has 2 heterocycles. The second kappa shape index (κ2) is 6.73. The van der Waals surface area contributed by atoms with Crippen molar-refractivity contribution in [1.29, 1.82) is 0 Å². The molecule has 0 radical (unpaired) electrons. The Balaban J connectivity index is 0.00000180. The van der Waals surface area contributed by atoms with Crippen molar-refractivity contribution in [2.45, 2.75) is 59.3 Å². The van der Waals surface area contributed by atoms with E-state index in [1.807, 2.05) is 0 Å². The van der Waals surface area contributed by atoms with Crippen LogP contribution in [-0.4, -0.2) is 39.9 Å². The Kier molecular flexibility index (Phi) is 5.83. The van der Waals surface area contributed by atoms with E-state index < -0.39 is 0 Å². The molecule has 1 aromatic heterocycles. The highest BCUT2D eigenvalue weighted by Gasteiger charge is 2.25. The van der Waals surface area contributed by atoms with Crippen molar-refractivity contribution in [2.75, 3.05) is 13.1 Å². The smallest absolute Gasteiger partial charge is 0.0638 e. The highest BCUT2D eigenvalue weighted by molar-refractivity contribution is 5.85. The van der Waals surface area contributed by atoms with Crippen molar-refractivity contribution in [3.63, 3.8) is 0 Å². The van der Waals surface area contributed by atoms with Crippen LogP contribution < -0.4 is 5.32 Å². The average Bonchev–Trinajstić information content (AvgIpc) is 2.67. The van der Waals surface area contributed by atoms with E-state index in [2.05, 4.69) is 60.8 Å². The first-order valence-corrected chi connectivity index (χ1v) is 7.01. The number of aromatic nitrogens is 2. The summed E-state index contributed by atoms with van der Waals surface area (Å²) >= 11 is 0. The highest BCUT2D eigenvalue weighted by Crippen LogP contribution is 2.17. The Morgan fingerprint density at radius 2 is 2.11 bits per heavy atom. The average molecular weight is 287 g/mol. The molecule has 2 rings (SSSR count). The SMILES string of the molecule is Cc1nn(C(C)C)cc1CN1CCNC(C)C1C.Cl. The molecule has 1 aliphatic heterocycles. The van der Waals surface area contributed by atoms with Crippen LogP contribution in [0.1, 0.15) is 45.0 Å². The zero-order valence-electron chi connectivity index (χ0n) is 12.7. The van der Waals surface area contributed by atoms with Crippen molar-refractivity contribution >= 4 is 12.4 Å². The molecule has 4 nitrogen and oxygen atoms in total. The van der Waals surface area contributed by atoms with Crippen LogP contribution in [0.5, 0.6) is 0 Å². The van der Waals surface area contributed by atoms with E-state index >= 15 is 0 Å². The zero-order valence-corrected chi connectivity index (χ0v) is 13.5. The van der Waals surface area contributed by atoms with Crippen molar-refractivity contribution in [3.05, 3.63) is 17.5 Å². The van der Waals surface area contributed by atoms with E-state index in [0.29, 0.717) is 18.1 Å². The van der Waals surface area contributed by atoms with Gasteiger partial charge in [0, 0.05) is 49.5 Å². The molecule has 19 heavy (non-hydrogen) atoms. The minimum absolute atomic E-state index is 0. The Labute approximate surface area is 123 Å². The number of nitrogens with zero attached hydrogens (tertiary/aromatic N) is 3. The molecule has 0 amide bonds. The molecule has 1 saturated heterocycles. The van der Waals surface area contributed by atoms with Gasteiger partial charge in [0.25, 0.3) is 0 Å². The van der Waals surface area contributed by atoms with Crippen LogP contribution in [0.4, 0.5) is 0 Å². The number of nitrogens with one attached hydrogen (secondary N) is 1. The van der Waals surface area contributed by atoms with Gasteiger partial charge < -0.3 is 5.32 Å². The van der Waals surface area contributed by atoms with Crippen LogP contribution in [0.2, 0.25) is 0 Å². The largest absolute Gasteiger partial charge is 0.311 e. The van der Waals surface area contributed by atoms with Crippen LogP contribution in [0.25, 0.3) is 0 Å². The van der Waals surface area contributed by atoms with Gasteiger partial charge in [0.1, 0.15) is 0 Å². The van der Waals surface area contributed by atoms with Crippen molar-refractivity contribution < 1.29 is 0 Å². The fraction of sp³-hybridized carbons (Fsp3) is 0.786. The summed E-state index contributed by atoms with van der Waals surface area (Å²) in [4.78, 5) is 2.55. The summed E-state index contributed by atoms with van der Waals surface area (Å²) in [5.74, 6) is 0. The summed E-state index contributed by atoms with van der Waals surface area (Å²) in [6, 6.07) is 1.59. The Bertz CT molecular complexity index is 402. The molecule has 0 aliphatic carbocycles. The molecule has 1 fully saturated rings. The van der Waals surface area contributed by atoms with Crippen LogP contribution in [0.3, 0.4) is 0 Å². The van der Waals surface area contributed by atoms with Crippen LogP contribution in [0.15, 0.2) is 6.20 Å². The predicted octanol–water partition coefficient (Wildman–Crippen LogP) is 2.38. The minimum Gasteiger partial charge on any atom is -0.311 e. The quantitative estimate of drug-likeness (QED) is 0.926. The Morgan fingerprint density at radius 1 is 1.42 bits per heavy atom. The van der Waals surface area contributed by atoms with Gasteiger partial charge in [0.2, 0.25) is 0 Å². The summed E-state index contributed by atoms with van der Waals surface area (Å²) in [5, 5.41) is 8.12.